The van der Waals surface area contributed by atoms with Crippen LogP contribution in [0, 0.1) is 5.82 Å². The van der Waals surface area contributed by atoms with Crippen molar-refractivity contribution in [2.24, 2.45) is 0 Å². The lowest BCUT2D eigenvalue weighted by molar-refractivity contribution is -0.134. The minimum Gasteiger partial charge on any atom is -0.478 e. The molecule has 0 unspecified atom stereocenters. The number of hydrogen-bond donors (Lipinski definition) is 5. The molecular weight excluding hydrogens is 499 g/mol. The third kappa shape index (κ3) is 9.96. The molecule has 2 atom stereocenters. The van der Waals surface area contributed by atoms with Crippen LogP contribution in [0.1, 0.15) is 35.1 Å². The Morgan fingerprint density at radius 2 is 1.18 bits per heavy atom. The second-order valence-corrected chi connectivity index (χ2v) is 8.29. The highest BCUT2D eigenvalue weighted by Crippen LogP contribution is 2.46. The van der Waals surface area contributed by atoms with Crippen LogP contribution in [-0.4, -0.2) is 75.4 Å². The van der Waals surface area contributed by atoms with Gasteiger partial charge in [0.25, 0.3) is 0 Å². The molecule has 2 aliphatic rings. The lowest BCUT2D eigenvalue weighted by Gasteiger charge is -2.33. The highest BCUT2D eigenvalue weighted by Gasteiger charge is 2.35. The third-order valence-corrected chi connectivity index (χ3v) is 5.79. The number of aliphatic carboxylic acids is 4. The molecular formula is C27H29FN2O8. The summed E-state index contributed by atoms with van der Waals surface area (Å²) in [6.45, 7) is 4.35. The van der Waals surface area contributed by atoms with Crippen LogP contribution in [0.15, 0.2) is 72.8 Å². The minimum atomic E-state index is -1.26. The molecule has 2 aromatic rings. The van der Waals surface area contributed by atoms with Crippen molar-refractivity contribution in [3.05, 3.63) is 95.3 Å². The van der Waals surface area contributed by atoms with Crippen molar-refractivity contribution >= 4 is 23.9 Å². The van der Waals surface area contributed by atoms with Gasteiger partial charge >= 0.3 is 23.9 Å². The summed E-state index contributed by atoms with van der Waals surface area (Å²) in [6, 6.07) is 16.3. The first-order chi connectivity index (χ1) is 18.1. The number of nitrogens with one attached hydrogen (secondary N) is 1. The number of carboxylic acid groups (broad SMARTS) is 4. The molecule has 10 nitrogen and oxygen atoms in total. The smallest absolute Gasteiger partial charge is 0.328 e. The van der Waals surface area contributed by atoms with Crippen molar-refractivity contribution in [2.75, 3.05) is 26.2 Å². The predicted molar refractivity (Wildman–Crippen MR) is 135 cm³/mol. The zero-order valence-electron chi connectivity index (χ0n) is 20.4. The van der Waals surface area contributed by atoms with Crippen LogP contribution in [0.25, 0.3) is 0 Å². The molecule has 4 rings (SSSR count). The number of nitrogens with zero attached hydrogens (tertiary/aromatic N) is 1. The molecule has 2 aromatic carbocycles. The van der Waals surface area contributed by atoms with Crippen molar-refractivity contribution in [1.82, 2.24) is 10.2 Å². The minimum absolute atomic E-state index is 0.159. The third-order valence-electron chi connectivity index (χ3n) is 5.79. The highest BCUT2D eigenvalue weighted by molar-refractivity contribution is 5.90. The number of carbonyl (C=O) groups is 4. The molecule has 1 saturated heterocycles. The predicted octanol–water partition coefficient (Wildman–Crippen LogP) is 2.73. The molecule has 1 heterocycles. The molecule has 38 heavy (non-hydrogen) atoms. The lowest BCUT2D eigenvalue weighted by atomic mass is 9.93. The number of hydrogen-bond acceptors (Lipinski definition) is 6. The van der Waals surface area contributed by atoms with Gasteiger partial charge in [0.05, 0.1) is 0 Å². The quantitative estimate of drug-likeness (QED) is 0.352. The summed E-state index contributed by atoms with van der Waals surface area (Å²) >= 11 is 0. The van der Waals surface area contributed by atoms with E-state index in [0.717, 1.165) is 32.6 Å². The van der Waals surface area contributed by atoms with E-state index in [1.165, 1.54) is 16.7 Å². The summed E-state index contributed by atoms with van der Waals surface area (Å²) in [5.74, 6) is -4.80. The summed E-state index contributed by atoms with van der Waals surface area (Å²) < 4.78 is 13.2. The summed E-state index contributed by atoms with van der Waals surface area (Å²) in [5, 5.41) is 34.7. The normalized spacial score (nSPS) is 18.6. The van der Waals surface area contributed by atoms with E-state index in [0.29, 0.717) is 36.3 Å². The van der Waals surface area contributed by atoms with Gasteiger partial charge < -0.3 is 25.7 Å². The Labute approximate surface area is 218 Å². The van der Waals surface area contributed by atoms with Gasteiger partial charge in [-0.2, -0.15) is 0 Å². The van der Waals surface area contributed by atoms with Gasteiger partial charge in [0, 0.05) is 62.4 Å². The molecule has 5 N–H and O–H groups in total. The molecule has 0 bridgehead atoms. The molecule has 11 heteroatoms. The molecule has 0 spiro atoms. The summed E-state index contributed by atoms with van der Waals surface area (Å²) in [4.78, 5) is 40.8. The first-order valence-electron chi connectivity index (χ1n) is 11.7. The maximum Gasteiger partial charge on any atom is 0.328 e. The first kappa shape index (κ1) is 29.9. The molecule has 1 aliphatic carbocycles. The summed E-state index contributed by atoms with van der Waals surface area (Å²) in [6.07, 6.45) is 3.33. The zero-order valence-corrected chi connectivity index (χ0v) is 20.4. The van der Waals surface area contributed by atoms with Crippen molar-refractivity contribution < 1.29 is 44.0 Å². The van der Waals surface area contributed by atoms with Crippen LogP contribution in [0.3, 0.4) is 0 Å². The maximum atomic E-state index is 13.2. The number of halogens is 1. The van der Waals surface area contributed by atoms with Gasteiger partial charge in [-0.3, -0.25) is 4.90 Å². The Morgan fingerprint density at radius 3 is 1.63 bits per heavy atom. The van der Waals surface area contributed by atoms with Gasteiger partial charge in [-0.15, -0.1) is 0 Å². The van der Waals surface area contributed by atoms with Crippen LogP contribution in [0.5, 0.6) is 0 Å². The monoisotopic (exact) mass is 528 g/mol. The van der Waals surface area contributed by atoms with Crippen LogP contribution in [-0.2, 0) is 19.2 Å². The van der Waals surface area contributed by atoms with Crippen LogP contribution in [0.2, 0.25) is 0 Å². The van der Waals surface area contributed by atoms with Crippen LogP contribution < -0.4 is 5.32 Å². The lowest BCUT2D eigenvalue weighted by Crippen LogP contribution is -2.44. The van der Waals surface area contributed by atoms with Gasteiger partial charge in [-0.1, -0.05) is 36.4 Å². The first-order valence-corrected chi connectivity index (χ1v) is 11.7. The fourth-order valence-corrected chi connectivity index (χ4v) is 4.24. The number of carboxylic acids is 4. The molecule has 202 valence electrons. The molecule has 1 aliphatic heterocycles. The second-order valence-electron chi connectivity index (χ2n) is 8.29. The van der Waals surface area contributed by atoms with Crippen molar-refractivity contribution in [2.45, 2.75) is 18.4 Å². The average molecular weight is 529 g/mol. The van der Waals surface area contributed by atoms with E-state index in [4.69, 9.17) is 20.4 Å². The van der Waals surface area contributed by atoms with E-state index in [-0.39, 0.29) is 5.82 Å². The molecule has 1 fully saturated rings. The molecule has 0 radical (unpaired) electrons. The van der Waals surface area contributed by atoms with E-state index in [9.17, 15) is 23.6 Å². The van der Waals surface area contributed by atoms with E-state index >= 15 is 0 Å². The highest BCUT2D eigenvalue weighted by atomic mass is 19.1. The van der Waals surface area contributed by atoms with Gasteiger partial charge in [0.15, 0.2) is 0 Å². The van der Waals surface area contributed by atoms with E-state index < -0.39 is 23.9 Å². The number of rotatable bonds is 6. The second kappa shape index (κ2) is 15.0. The average Bonchev–Trinajstić information content (AvgIpc) is 3.28. The Kier molecular flexibility index (Phi) is 11.8. The number of fused-ring (bicyclic) bond motifs is 1. The van der Waals surface area contributed by atoms with E-state index in [2.05, 4.69) is 34.5 Å². The Balaban J connectivity index is 0.000000264. The Morgan fingerprint density at radius 1 is 0.737 bits per heavy atom. The van der Waals surface area contributed by atoms with Gasteiger partial charge in [-0.05, 0) is 35.2 Å². The summed E-state index contributed by atoms with van der Waals surface area (Å²) in [5.41, 5.74) is 4.10. The van der Waals surface area contributed by atoms with E-state index in [1.54, 1.807) is 12.1 Å². The van der Waals surface area contributed by atoms with Gasteiger partial charge in [0.1, 0.15) is 5.82 Å². The fraction of sp³-hybridized carbons (Fsp3) is 0.259. The van der Waals surface area contributed by atoms with Crippen molar-refractivity contribution in [3.8, 4) is 0 Å². The largest absolute Gasteiger partial charge is 0.478 e. The van der Waals surface area contributed by atoms with Gasteiger partial charge in [0.2, 0.25) is 0 Å². The van der Waals surface area contributed by atoms with Crippen LogP contribution >= 0.6 is 0 Å². The Hall–Kier alpha value is -4.35. The van der Waals surface area contributed by atoms with Gasteiger partial charge in [-0.25, -0.2) is 23.6 Å². The fourth-order valence-electron chi connectivity index (χ4n) is 4.24. The van der Waals surface area contributed by atoms with Crippen LogP contribution in [0.4, 0.5) is 4.39 Å². The molecule has 0 saturated carbocycles. The summed E-state index contributed by atoms with van der Waals surface area (Å²) in [7, 11) is 0. The van der Waals surface area contributed by atoms with E-state index in [1.807, 2.05) is 12.1 Å². The van der Waals surface area contributed by atoms with Crippen molar-refractivity contribution in [3.63, 3.8) is 0 Å². The molecule has 0 aromatic heterocycles. The topological polar surface area (TPSA) is 164 Å². The Bertz CT molecular complexity index is 1110. The maximum absolute atomic E-state index is 13.2. The standard InChI is InChI=1S/C19H21FN2.2C4H4O4/c20-15-7-5-14(6-8-15)18-13-19(22-11-9-21-10-12-22)17-4-2-1-3-16(17)18;2*5-3(6)1-2-4(7)8/h1-8,18-19,21H,9-13H2;2*1-2H,(H,5,6)(H,7,8)/b;2*2-1-/t18-,19+;;/m1../s1. The zero-order chi connectivity index (χ0) is 28.1. The number of benzene rings is 2. The molecule has 0 amide bonds. The SMILES string of the molecule is Fc1ccc([C@H]2C[C@H](N3CCNCC3)c3ccccc32)cc1.O=C(O)/C=C\C(=O)O.O=C(O)/C=C\C(=O)O. The van der Waals surface area contributed by atoms with Crippen molar-refractivity contribution in [1.29, 1.82) is 0 Å². The number of piperazine rings is 1.